The van der Waals surface area contributed by atoms with Gasteiger partial charge in [0.05, 0.1) is 7.11 Å². The molecular weight excluding hydrogens is 286 g/mol. The van der Waals surface area contributed by atoms with Crippen molar-refractivity contribution in [2.75, 3.05) is 7.11 Å². The first kappa shape index (κ1) is 15.8. The van der Waals surface area contributed by atoms with Gasteiger partial charge in [0, 0.05) is 22.7 Å². The molecule has 6 nitrogen and oxygen atoms in total. The van der Waals surface area contributed by atoms with Crippen molar-refractivity contribution in [2.24, 2.45) is 5.73 Å². The second-order valence-corrected chi connectivity index (χ2v) is 4.30. The molecule has 1 aromatic rings. The average molecular weight is 300 g/mol. The number of rotatable bonds is 6. The lowest BCUT2D eigenvalue weighted by Gasteiger charge is -2.17. The number of amides is 1. The lowest BCUT2D eigenvalue weighted by Crippen LogP contribution is -2.31. The van der Waals surface area contributed by atoms with Crippen LogP contribution in [0, 0.1) is 0 Å². The highest BCUT2D eigenvalue weighted by Crippen LogP contribution is 2.36. The smallest absolute Gasteiger partial charge is 0.328 e. The fourth-order valence-corrected chi connectivity index (χ4v) is 1.60. The van der Waals surface area contributed by atoms with Crippen molar-refractivity contribution in [2.45, 2.75) is 13.0 Å². The molecule has 0 aromatic heterocycles. The van der Waals surface area contributed by atoms with Crippen molar-refractivity contribution in [1.82, 2.24) is 0 Å². The van der Waals surface area contributed by atoms with Crippen LogP contribution in [-0.2, 0) is 9.59 Å². The molecule has 0 aliphatic carbocycles. The molecule has 20 heavy (non-hydrogen) atoms. The van der Waals surface area contributed by atoms with Gasteiger partial charge in [-0.05, 0) is 19.1 Å². The summed E-state index contributed by atoms with van der Waals surface area (Å²) in [6, 6.07) is 2.98. The molecule has 0 aliphatic rings. The SMILES string of the molecule is COc1cc(Cl)cc(/C=C/C(=O)O)c1OC(C)C(N)=O. The van der Waals surface area contributed by atoms with Gasteiger partial charge in [0.2, 0.25) is 0 Å². The normalized spacial score (nSPS) is 12.2. The molecule has 1 unspecified atom stereocenters. The minimum Gasteiger partial charge on any atom is -0.493 e. The van der Waals surface area contributed by atoms with Crippen molar-refractivity contribution < 1.29 is 24.2 Å². The van der Waals surface area contributed by atoms with Crippen molar-refractivity contribution in [3.8, 4) is 11.5 Å². The summed E-state index contributed by atoms with van der Waals surface area (Å²) in [6.45, 7) is 1.47. The van der Waals surface area contributed by atoms with Crippen LogP contribution in [0.15, 0.2) is 18.2 Å². The molecule has 3 N–H and O–H groups in total. The Morgan fingerprint density at radius 1 is 1.45 bits per heavy atom. The van der Waals surface area contributed by atoms with Crippen LogP contribution in [0.1, 0.15) is 12.5 Å². The van der Waals surface area contributed by atoms with Gasteiger partial charge in [-0.1, -0.05) is 11.6 Å². The molecule has 0 aliphatic heterocycles. The molecule has 1 amide bonds. The molecule has 0 fully saturated rings. The number of aliphatic carboxylic acids is 1. The van der Waals surface area contributed by atoms with E-state index >= 15 is 0 Å². The molecule has 0 heterocycles. The van der Waals surface area contributed by atoms with Gasteiger partial charge < -0.3 is 20.3 Å². The Morgan fingerprint density at radius 3 is 2.60 bits per heavy atom. The standard InChI is InChI=1S/C13H14ClNO5/c1-7(13(15)18)20-12-8(3-4-11(16)17)5-9(14)6-10(12)19-2/h3-7H,1-2H3,(H2,15,18)(H,16,17)/b4-3+. The van der Waals surface area contributed by atoms with Crippen LogP contribution < -0.4 is 15.2 Å². The van der Waals surface area contributed by atoms with E-state index in [1.165, 1.54) is 32.2 Å². The van der Waals surface area contributed by atoms with Gasteiger partial charge in [-0.15, -0.1) is 0 Å². The van der Waals surface area contributed by atoms with Gasteiger partial charge >= 0.3 is 5.97 Å². The number of ether oxygens (including phenoxy) is 2. The molecule has 108 valence electrons. The van der Waals surface area contributed by atoms with E-state index in [1.54, 1.807) is 0 Å². The third-order valence-corrected chi connectivity index (χ3v) is 2.59. The summed E-state index contributed by atoms with van der Waals surface area (Å²) < 4.78 is 10.5. The Hall–Kier alpha value is -2.21. The molecular formula is C13H14ClNO5. The number of carboxylic acid groups (broad SMARTS) is 1. The van der Waals surface area contributed by atoms with E-state index in [1.807, 2.05) is 0 Å². The minimum absolute atomic E-state index is 0.195. The van der Waals surface area contributed by atoms with Gasteiger partial charge in [-0.25, -0.2) is 4.79 Å². The van der Waals surface area contributed by atoms with E-state index in [0.717, 1.165) is 6.08 Å². The van der Waals surface area contributed by atoms with Gasteiger partial charge in [-0.3, -0.25) is 4.79 Å². The van der Waals surface area contributed by atoms with Gasteiger partial charge in [0.25, 0.3) is 5.91 Å². The molecule has 1 atom stereocenters. The number of halogens is 1. The molecule has 0 spiro atoms. The van der Waals surface area contributed by atoms with E-state index in [4.69, 9.17) is 31.9 Å². The van der Waals surface area contributed by atoms with Crippen LogP contribution in [-0.4, -0.2) is 30.2 Å². The van der Waals surface area contributed by atoms with Crippen LogP contribution in [0.2, 0.25) is 5.02 Å². The van der Waals surface area contributed by atoms with E-state index < -0.39 is 18.0 Å². The second kappa shape index (κ2) is 6.81. The lowest BCUT2D eigenvalue weighted by atomic mass is 10.1. The largest absolute Gasteiger partial charge is 0.493 e. The van der Waals surface area contributed by atoms with Crippen molar-refractivity contribution in [1.29, 1.82) is 0 Å². The summed E-state index contributed by atoms with van der Waals surface area (Å²) in [5, 5.41) is 9.00. The maximum atomic E-state index is 11.1. The minimum atomic E-state index is -1.13. The highest BCUT2D eigenvalue weighted by molar-refractivity contribution is 6.31. The quantitative estimate of drug-likeness (QED) is 0.779. The van der Waals surface area contributed by atoms with Crippen molar-refractivity contribution >= 4 is 29.6 Å². The number of hydrogen-bond donors (Lipinski definition) is 2. The van der Waals surface area contributed by atoms with Crippen LogP contribution in [0.25, 0.3) is 6.08 Å². The number of nitrogens with two attached hydrogens (primary N) is 1. The number of carboxylic acids is 1. The highest BCUT2D eigenvalue weighted by Gasteiger charge is 2.17. The monoisotopic (exact) mass is 299 g/mol. The molecule has 7 heteroatoms. The van der Waals surface area contributed by atoms with Crippen molar-refractivity contribution in [3.63, 3.8) is 0 Å². The maximum absolute atomic E-state index is 11.1. The number of methoxy groups -OCH3 is 1. The van der Waals surface area contributed by atoms with Gasteiger partial charge in [0.15, 0.2) is 17.6 Å². The Labute approximate surface area is 120 Å². The van der Waals surface area contributed by atoms with Gasteiger partial charge in [0.1, 0.15) is 0 Å². The third-order valence-electron chi connectivity index (χ3n) is 2.37. The molecule has 0 radical (unpaired) electrons. The number of hydrogen-bond acceptors (Lipinski definition) is 4. The zero-order valence-electron chi connectivity index (χ0n) is 10.9. The Morgan fingerprint density at radius 2 is 2.10 bits per heavy atom. The van der Waals surface area contributed by atoms with Crippen LogP contribution in [0.5, 0.6) is 11.5 Å². The summed E-state index contributed by atoms with van der Waals surface area (Å²) >= 11 is 5.91. The maximum Gasteiger partial charge on any atom is 0.328 e. The Balaban J connectivity index is 3.28. The average Bonchev–Trinajstić information content (AvgIpc) is 2.37. The van der Waals surface area contributed by atoms with Crippen LogP contribution >= 0.6 is 11.6 Å². The molecule has 0 saturated heterocycles. The van der Waals surface area contributed by atoms with E-state index in [-0.39, 0.29) is 11.5 Å². The Kier molecular flexibility index (Phi) is 5.40. The zero-order valence-corrected chi connectivity index (χ0v) is 11.7. The predicted octanol–water partition coefficient (Wildman–Crippen LogP) is 1.70. The molecule has 0 bridgehead atoms. The fraction of sp³-hybridized carbons (Fsp3) is 0.231. The summed E-state index contributed by atoms with van der Waals surface area (Å²) in [7, 11) is 1.40. The predicted molar refractivity (Wildman–Crippen MR) is 74.0 cm³/mol. The first-order valence-electron chi connectivity index (χ1n) is 5.59. The summed E-state index contributed by atoms with van der Waals surface area (Å²) in [6.07, 6.45) is 1.31. The first-order valence-corrected chi connectivity index (χ1v) is 5.97. The lowest BCUT2D eigenvalue weighted by molar-refractivity contribution is -0.131. The summed E-state index contributed by atoms with van der Waals surface area (Å²) in [5.74, 6) is -1.32. The fourth-order valence-electron chi connectivity index (χ4n) is 1.39. The van der Waals surface area contributed by atoms with Crippen LogP contribution in [0.4, 0.5) is 0 Å². The van der Waals surface area contributed by atoms with E-state index in [0.29, 0.717) is 10.6 Å². The molecule has 1 rings (SSSR count). The highest BCUT2D eigenvalue weighted by atomic mass is 35.5. The Bertz CT molecular complexity index is 556. The number of carbonyl (C=O) groups is 2. The number of carbonyl (C=O) groups excluding carboxylic acids is 1. The van der Waals surface area contributed by atoms with Crippen molar-refractivity contribution in [3.05, 3.63) is 28.8 Å². The van der Waals surface area contributed by atoms with E-state index in [9.17, 15) is 9.59 Å². The topological polar surface area (TPSA) is 98.8 Å². The number of benzene rings is 1. The van der Waals surface area contributed by atoms with Gasteiger partial charge in [-0.2, -0.15) is 0 Å². The summed E-state index contributed by atoms with van der Waals surface area (Å²) in [4.78, 5) is 21.7. The third kappa shape index (κ3) is 4.17. The van der Waals surface area contributed by atoms with Crippen LogP contribution in [0.3, 0.4) is 0 Å². The van der Waals surface area contributed by atoms with E-state index in [2.05, 4.69) is 0 Å². The first-order chi connectivity index (χ1) is 9.35. The second-order valence-electron chi connectivity index (χ2n) is 3.86. The summed E-state index contributed by atoms with van der Waals surface area (Å²) in [5.41, 5.74) is 5.50. The number of primary amides is 1. The molecule has 0 saturated carbocycles. The molecule has 1 aromatic carbocycles. The zero-order chi connectivity index (χ0) is 15.3.